The Morgan fingerprint density at radius 1 is 1.28 bits per heavy atom. The zero-order valence-electron chi connectivity index (χ0n) is 9.43. The minimum atomic E-state index is -0.306. The van der Waals surface area contributed by atoms with Gasteiger partial charge in [0.2, 0.25) is 0 Å². The van der Waals surface area contributed by atoms with Crippen LogP contribution in [-0.4, -0.2) is 19.6 Å². The van der Waals surface area contributed by atoms with E-state index in [4.69, 9.17) is 11.6 Å². The Kier molecular flexibility index (Phi) is 2.48. The molecule has 2 aromatic heterocycles. The minimum Gasteiger partial charge on any atom is -0.278 e. The maximum absolute atomic E-state index is 14.1. The predicted octanol–water partition coefficient (Wildman–Crippen LogP) is 2.89. The van der Waals surface area contributed by atoms with Crippen LogP contribution in [0.4, 0.5) is 4.39 Å². The number of rotatable bonds is 1. The third-order valence-electron chi connectivity index (χ3n) is 2.72. The molecule has 0 saturated carbocycles. The summed E-state index contributed by atoms with van der Waals surface area (Å²) in [5.74, 6) is 0.107. The average Bonchev–Trinajstić information content (AvgIpc) is 2.78. The van der Waals surface area contributed by atoms with Crippen molar-refractivity contribution in [1.29, 1.82) is 0 Å². The topological polar surface area (TPSA) is 43.1 Å². The highest BCUT2D eigenvalue weighted by atomic mass is 35.5. The number of hydrogen-bond acceptors (Lipinski definition) is 3. The maximum atomic E-state index is 14.1. The van der Waals surface area contributed by atoms with Crippen LogP contribution in [0.15, 0.2) is 30.6 Å². The summed E-state index contributed by atoms with van der Waals surface area (Å²) in [6.07, 6.45) is 3.17. The predicted molar refractivity (Wildman–Crippen MR) is 65.9 cm³/mol. The van der Waals surface area contributed by atoms with Gasteiger partial charge in [0.25, 0.3) is 0 Å². The molecule has 0 bridgehead atoms. The number of halogens is 2. The standard InChI is InChI=1S/C12H8ClFN4/c1-7-3-2-4-8(9(7)14)11-16-17-12-10(13)15-5-6-18(11)12/h2-6H,1H3. The molecule has 18 heavy (non-hydrogen) atoms. The lowest BCUT2D eigenvalue weighted by atomic mass is 10.1. The van der Waals surface area contributed by atoms with E-state index in [1.54, 1.807) is 35.7 Å². The van der Waals surface area contributed by atoms with Crippen LogP contribution in [-0.2, 0) is 0 Å². The van der Waals surface area contributed by atoms with E-state index < -0.39 is 0 Å². The van der Waals surface area contributed by atoms with Crippen LogP contribution in [0.1, 0.15) is 5.56 Å². The number of fused-ring (bicyclic) bond motifs is 1. The molecular formula is C12H8ClFN4. The summed E-state index contributed by atoms with van der Waals surface area (Å²) >= 11 is 5.90. The van der Waals surface area contributed by atoms with Crippen LogP contribution in [0.25, 0.3) is 17.0 Å². The maximum Gasteiger partial charge on any atom is 0.198 e. The largest absolute Gasteiger partial charge is 0.278 e. The van der Waals surface area contributed by atoms with E-state index in [0.717, 1.165) is 0 Å². The van der Waals surface area contributed by atoms with Gasteiger partial charge in [0.1, 0.15) is 5.82 Å². The minimum absolute atomic E-state index is 0.240. The van der Waals surface area contributed by atoms with Crippen molar-refractivity contribution in [3.8, 4) is 11.4 Å². The van der Waals surface area contributed by atoms with Crippen molar-refractivity contribution in [3.05, 3.63) is 47.1 Å². The van der Waals surface area contributed by atoms with E-state index in [9.17, 15) is 4.39 Å². The van der Waals surface area contributed by atoms with Crippen molar-refractivity contribution < 1.29 is 4.39 Å². The Hall–Kier alpha value is -2.01. The summed E-state index contributed by atoms with van der Waals surface area (Å²) in [7, 11) is 0. The Labute approximate surface area is 107 Å². The first-order chi connectivity index (χ1) is 8.68. The Morgan fingerprint density at radius 2 is 2.11 bits per heavy atom. The van der Waals surface area contributed by atoms with Gasteiger partial charge in [-0.15, -0.1) is 10.2 Å². The number of hydrogen-bond donors (Lipinski definition) is 0. The van der Waals surface area contributed by atoms with Crippen LogP contribution in [0.5, 0.6) is 0 Å². The highest BCUT2D eigenvalue weighted by Crippen LogP contribution is 2.24. The van der Waals surface area contributed by atoms with Crippen LogP contribution >= 0.6 is 11.6 Å². The number of benzene rings is 1. The molecule has 1 aromatic carbocycles. The van der Waals surface area contributed by atoms with E-state index in [-0.39, 0.29) is 11.0 Å². The molecule has 0 fully saturated rings. The molecule has 0 amide bonds. The smallest absolute Gasteiger partial charge is 0.198 e. The number of aryl methyl sites for hydroxylation is 1. The molecule has 0 unspecified atom stereocenters. The summed E-state index contributed by atoms with van der Waals surface area (Å²) in [6.45, 7) is 1.70. The van der Waals surface area contributed by atoms with E-state index in [0.29, 0.717) is 22.6 Å². The van der Waals surface area contributed by atoms with Gasteiger partial charge in [-0.05, 0) is 18.6 Å². The zero-order valence-corrected chi connectivity index (χ0v) is 10.2. The lowest BCUT2D eigenvalue weighted by Gasteiger charge is -2.03. The fraction of sp³-hybridized carbons (Fsp3) is 0.0833. The van der Waals surface area contributed by atoms with Crippen molar-refractivity contribution in [3.63, 3.8) is 0 Å². The molecule has 2 heterocycles. The number of nitrogens with zero attached hydrogens (tertiary/aromatic N) is 4. The van der Waals surface area contributed by atoms with Gasteiger partial charge in [-0.1, -0.05) is 23.7 Å². The average molecular weight is 263 g/mol. The first kappa shape index (κ1) is 11.1. The summed E-state index contributed by atoms with van der Waals surface area (Å²) < 4.78 is 15.7. The van der Waals surface area contributed by atoms with Crippen LogP contribution < -0.4 is 0 Å². The molecule has 90 valence electrons. The summed E-state index contributed by atoms with van der Waals surface area (Å²) in [6, 6.07) is 5.14. The quantitative estimate of drug-likeness (QED) is 0.677. The Morgan fingerprint density at radius 3 is 2.94 bits per heavy atom. The molecule has 0 atom stereocenters. The lowest BCUT2D eigenvalue weighted by molar-refractivity contribution is 0.620. The Balaban J connectivity index is 2.33. The lowest BCUT2D eigenvalue weighted by Crippen LogP contribution is -1.94. The summed E-state index contributed by atoms with van der Waals surface area (Å²) in [5.41, 5.74) is 1.37. The van der Waals surface area contributed by atoms with Gasteiger partial charge in [0.15, 0.2) is 16.6 Å². The molecule has 0 aliphatic rings. The third-order valence-corrected chi connectivity index (χ3v) is 2.98. The fourth-order valence-electron chi connectivity index (χ4n) is 1.80. The fourth-order valence-corrected chi connectivity index (χ4v) is 1.99. The third kappa shape index (κ3) is 1.55. The van der Waals surface area contributed by atoms with Crippen molar-refractivity contribution in [2.45, 2.75) is 6.92 Å². The Bertz CT molecular complexity index is 738. The first-order valence-electron chi connectivity index (χ1n) is 5.29. The van der Waals surface area contributed by atoms with E-state index in [2.05, 4.69) is 15.2 Å². The molecule has 3 rings (SSSR count). The van der Waals surface area contributed by atoms with Crippen molar-refractivity contribution >= 4 is 17.2 Å². The van der Waals surface area contributed by atoms with Gasteiger partial charge in [0, 0.05) is 12.4 Å². The number of aromatic nitrogens is 4. The van der Waals surface area contributed by atoms with Crippen LogP contribution in [0, 0.1) is 12.7 Å². The van der Waals surface area contributed by atoms with Crippen molar-refractivity contribution in [1.82, 2.24) is 19.6 Å². The molecule has 3 aromatic rings. The van der Waals surface area contributed by atoms with E-state index in [1.807, 2.05) is 0 Å². The molecule has 0 N–H and O–H groups in total. The second-order valence-corrected chi connectivity index (χ2v) is 4.23. The van der Waals surface area contributed by atoms with Crippen molar-refractivity contribution in [2.75, 3.05) is 0 Å². The zero-order chi connectivity index (χ0) is 12.7. The normalized spacial score (nSPS) is 11.1. The molecule has 0 radical (unpaired) electrons. The molecular weight excluding hydrogens is 255 g/mol. The summed E-state index contributed by atoms with van der Waals surface area (Å²) in [5, 5.41) is 8.13. The SMILES string of the molecule is Cc1cccc(-c2nnc3c(Cl)nccn23)c1F. The van der Waals surface area contributed by atoms with Gasteiger partial charge in [-0.3, -0.25) is 4.40 Å². The molecule has 0 spiro atoms. The second-order valence-electron chi connectivity index (χ2n) is 3.87. The first-order valence-corrected chi connectivity index (χ1v) is 5.67. The summed E-state index contributed by atoms with van der Waals surface area (Å²) in [4.78, 5) is 3.90. The molecule has 0 saturated heterocycles. The van der Waals surface area contributed by atoms with Gasteiger partial charge in [0.05, 0.1) is 5.56 Å². The molecule has 0 aliphatic carbocycles. The molecule has 0 aliphatic heterocycles. The second kappa shape index (κ2) is 4.03. The van der Waals surface area contributed by atoms with E-state index >= 15 is 0 Å². The van der Waals surface area contributed by atoms with E-state index in [1.165, 1.54) is 6.20 Å². The molecule has 6 heteroatoms. The van der Waals surface area contributed by atoms with Crippen LogP contribution in [0.2, 0.25) is 5.15 Å². The molecule has 4 nitrogen and oxygen atoms in total. The highest BCUT2D eigenvalue weighted by Gasteiger charge is 2.15. The highest BCUT2D eigenvalue weighted by molar-refractivity contribution is 6.32. The van der Waals surface area contributed by atoms with Gasteiger partial charge >= 0.3 is 0 Å². The van der Waals surface area contributed by atoms with Gasteiger partial charge in [-0.2, -0.15) is 0 Å². The van der Waals surface area contributed by atoms with Crippen LogP contribution in [0.3, 0.4) is 0 Å². The monoisotopic (exact) mass is 262 g/mol. The van der Waals surface area contributed by atoms with Gasteiger partial charge in [-0.25, -0.2) is 9.37 Å². The van der Waals surface area contributed by atoms with Gasteiger partial charge < -0.3 is 0 Å². The van der Waals surface area contributed by atoms with Crippen molar-refractivity contribution in [2.24, 2.45) is 0 Å².